The average molecular weight is 277 g/mol. The van der Waals surface area contributed by atoms with E-state index in [9.17, 15) is 0 Å². The maximum Gasteiger partial charge on any atom is 0.119 e. The van der Waals surface area contributed by atoms with Gasteiger partial charge < -0.3 is 10.5 Å². The van der Waals surface area contributed by atoms with Crippen LogP contribution in [0, 0.1) is 0 Å². The fraction of sp³-hybridized carbons (Fsp3) is 0.667. The number of para-hydroxylation sites is 1. The smallest absolute Gasteiger partial charge is 0.119 e. The molecule has 0 saturated heterocycles. The van der Waals surface area contributed by atoms with Gasteiger partial charge in [-0.1, -0.05) is 69.6 Å². The van der Waals surface area contributed by atoms with Crippen LogP contribution in [0.2, 0.25) is 0 Å². The molecule has 114 valence electrons. The van der Waals surface area contributed by atoms with Crippen LogP contribution in [0.5, 0.6) is 5.75 Å². The van der Waals surface area contributed by atoms with Gasteiger partial charge >= 0.3 is 0 Å². The zero-order valence-corrected chi connectivity index (χ0v) is 12.9. The Hall–Kier alpha value is -1.02. The van der Waals surface area contributed by atoms with Gasteiger partial charge in [-0.25, -0.2) is 0 Å². The number of nitrogens with two attached hydrogens (primary N) is 1. The minimum absolute atomic E-state index is 0.850. The van der Waals surface area contributed by atoms with E-state index >= 15 is 0 Å². The first-order valence-electron chi connectivity index (χ1n) is 8.31. The highest BCUT2D eigenvalue weighted by atomic mass is 16.5. The molecule has 0 spiro atoms. The summed E-state index contributed by atoms with van der Waals surface area (Å²) in [5, 5.41) is 0. The van der Waals surface area contributed by atoms with Crippen LogP contribution in [0.3, 0.4) is 0 Å². The molecule has 0 aliphatic carbocycles. The third-order valence-corrected chi connectivity index (χ3v) is 3.61. The molecule has 20 heavy (non-hydrogen) atoms. The van der Waals surface area contributed by atoms with Crippen molar-refractivity contribution in [1.29, 1.82) is 0 Å². The van der Waals surface area contributed by atoms with E-state index in [1.165, 1.54) is 64.2 Å². The van der Waals surface area contributed by atoms with E-state index in [1.54, 1.807) is 0 Å². The predicted molar refractivity (Wildman–Crippen MR) is 87.2 cm³/mol. The molecule has 2 nitrogen and oxygen atoms in total. The quantitative estimate of drug-likeness (QED) is 0.519. The summed E-state index contributed by atoms with van der Waals surface area (Å²) in [6.45, 7) is 1.70. The van der Waals surface area contributed by atoms with E-state index in [-0.39, 0.29) is 0 Å². The van der Waals surface area contributed by atoms with Gasteiger partial charge in [0.05, 0.1) is 6.61 Å². The van der Waals surface area contributed by atoms with Gasteiger partial charge in [-0.05, 0) is 31.5 Å². The van der Waals surface area contributed by atoms with Crippen molar-refractivity contribution in [2.45, 2.75) is 64.2 Å². The number of rotatable bonds is 13. The van der Waals surface area contributed by atoms with Crippen molar-refractivity contribution in [2.75, 3.05) is 13.2 Å². The Morgan fingerprint density at radius 3 is 1.70 bits per heavy atom. The fourth-order valence-electron chi connectivity index (χ4n) is 2.37. The summed E-state index contributed by atoms with van der Waals surface area (Å²) in [5.41, 5.74) is 5.48. The van der Waals surface area contributed by atoms with Gasteiger partial charge in [-0.2, -0.15) is 0 Å². The van der Waals surface area contributed by atoms with E-state index in [2.05, 4.69) is 0 Å². The molecule has 0 fully saturated rings. The Bertz CT molecular complexity index is 300. The zero-order valence-electron chi connectivity index (χ0n) is 12.9. The fourth-order valence-corrected chi connectivity index (χ4v) is 2.37. The Labute approximate surface area is 124 Å². The molecule has 0 aromatic heterocycles. The van der Waals surface area contributed by atoms with Crippen molar-refractivity contribution >= 4 is 0 Å². The van der Waals surface area contributed by atoms with Gasteiger partial charge in [0.1, 0.15) is 5.75 Å². The van der Waals surface area contributed by atoms with Crippen LogP contribution < -0.4 is 10.5 Å². The number of benzene rings is 1. The predicted octanol–water partition coefficient (Wildman–Crippen LogP) is 4.93. The molecule has 1 aromatic rings. The topological polar surface area (TPSA) is 35.2 Å². The maximum atomic E-state index is 5.68. The summed E-state index contributed by atoms with van der Waals surface area (Å²) in [7, 11) is 0. The Morgan fingerprint density at radius 1 is 0.650 bits per heavy atom. The lowest BCUT2D eigenvalue weighted by Gasteiger charge is -2.05. The monoisotopic (exact) mass is 277 g/mol. The normalized spacial score (nSPS) is 10.7. The molecule has 0 aliphatic heterocycles. The summed E-state index contributed by atoms with van der Waals surface area (Å²) in [4.78, 5) is 0. The van der Waals surface area contributed by atoms with Gasteiger partial charge in [0.25, 0.3) is 0 Å². The minimum atomic E-state index is 0.850. The van der Waals surface area contributed by atoms with Gasteiger partial charge in [-0.15, -0.1) is 0 Å². The van der Waals surface area contributed by atoms with Gasteiger partial charge in [0, 0.05) is 0 Å². The Kier molecular flexibility index (Phi) is 11.1. The largest absolute Gasteiger partial charge is 0.494 e. The highest BCUT2D eigenvalue weighted by molar-refractivity contribution is 5.20. The maximum absolute atomic E-state index is 5.68. The second kappa shape index (κ2) is 13.0. The molecular formula is C18H31NO. The lowest BCUT2D eigenvalue weighted by atomic mass is 10.1. The van der Waals surface area contributed by atoms with Crippen LogP contribution in [0.1, 0.15) is 64.2 Å². The molecule has 0 amide bonds. The van der Waals surface area contributed by atoms with Crippen molar-refractivity contribution in [2.24, 2.45) is 5.73 Å². The third kappa shape index (κ3) is 9.85. The molecule has 0 saturated carbocycles. The standard InChI is InChI=1S/C18H31NO/c19-16-12-7-5-3-1-2-4-6-8-13-17-20-18-14-10-9-11-15-18/h9-11,14-15H,1-8,12-13,16-17,19H2. The highest BCUT2D eigenvalue weighted by Gasteiger charge is 1.94. The molecular weight excluding hydrogens is 246 g/mol. The molecule has 0 bridgehead atoms. The Morgan fingerprint density at radius 2 is 1.15 bits per heavy atom. The second-order valence-electron chi connectivity index (χ2n) is 5.49. The Balaban J connectivity index is 1.77. The first-order chi connectivity index (χ1) is 9.93. The van der Waals surface area contributed by atoms with Crippen LogP contribution in [0.25, 0.3) is 0 Å². The summed E-state index contributed by atoms with van der Waals surface area (Å²) in [6.07, 6.45) is 13.2. The minimum Gasteiger partial charge on any atom is -0.494 e. The van der Waals surface area contributed by atoms with Crippen molar-refractivity contribution in [3.05, 3.63) is 30.3 Å². The number of hydrogen-bond acceptors (Lipinski definition) is 2. The van der Waals surface area contributed by atoms with Gasteiger partial charge in [0.2, 0.25) is 0 Å². The first kappa shape index (κ1) is 17.0. The van der Waals surface area contributed by atoms with Crippen molar-refractivity contribution in [3.63, 3.8) is 0 Å². The highest BCUT2D eigenvalue weighted by Crippen LogP contribution is 2.12. The van der Waals surface area contributed by atoms with Crippen LogP contribution in [0.15, 0.2) is 30.3 Å². The molecule has 0 atom stereocenters. The average Bonchev–Trinajstić information content (AvgIpc) is 2.49. The lowest BCUT2D eigenvalue weighted by Crippen LogP contribution is -1.97. The third-order valence-electron chi connectivity index (χ3n) is 3.61. The SMILES string of the molecule is NCCCCCCCCCCCCOc1ccccc1. The zero-order chi connectivity index (χ0) is 14.3. The number of ether oxygens (including phenoxy) is 1. The molecule has 1 aromatic carbocycles. The number of unbranched alkanes of at least 4 members (excludes halogenated alkanes) is 9. The van der Waals surface area contributed by atoms with E-state index in [1.807, 2.05) is 30.3 Å². The van der Waals surface area contributed by atoms with Crippen LogP contribution in [-0.2, 0) is 0 Å². The summed E-state index contributed by atoms with van der Waals surface area (Å²) < 4.78 is 5.68. The first-order valence-corrected chi connectivity index (χ1v) is 8.31. The molecule has 2 N–H and O–H groups in total. The second-order valence-corrected chi connectivity index (χ2v) is 5.49. The van der Waals surface area contributed by atoms with Gasteiger partial charge in [-0.3, -0.25) is 0 Å². The summed E-state index contributed by atoms with van der Waals surface area (Å²) in [6, 6.07) is 10.1. The van der Waals surface area contributed by atoms with Gasteiger partial charge in [0.15, 0.2) is 0 Å². The summed E-state index contributed by atoms with van der Waals surface area (Å²) in [5.74, 6) is 0.991. The van der Waals surface area contributed by atoms with Crippen LogP contribution in [0.4, 0.5) is 0 Å². The van der Waals surface area contributed by atoms with E-state index in [0.717, 1.165) is 18.9 Å². The van der Waals surface area contributed by atoms with E-state index < -0.39 is 0 Å². The molecule has 0 radical (unpaired) electrons. The lowest BCUT2D eigenvalue weighted by molar-refractivity contribution is 0.304. The van der Waals surface area contributed by atoms with E-state index in [4.69, 9.17) is 10.5 Å². The molecule has 0 aliphatic rings. The van der Waals surface area contributed by atoms with Crippen molar-refractivity contribution in [1.82, 2.24) is 0 Å². The van der Waals surface area contributed by atoms with Crippen molar-refractivity contribution in [3.8, 4) is 5.75 Å². The molecule has 0 heterocycles. The van der Waals surface area contributed by atoms with Crippen LogP contribution in [-0.4, -0.2) is 13.2 Å². The van der Waals surface area contributed by atoms with Crippen LogP contribution >= 0.6 is 0 Å². The molecule has 0 unspecified atom stereocenters. The summed E-state index contributed by atoms with van der Waals surface area (Å²) >= 11 is 0. The van der Waals surface area contributed by atoms with Crippen molar-refractivity contribution < 1.29 is 4.74 Å². The number of hydrogen-bond donors (Lipinski definition) is 1. The van der Waals surface area contributed by atoms with E-state index in [0.29, 0.717) is 0 Å². The molecule has 1 rings (SSSR count). The molecule has 2 heteroatoms.